The van der Waals surface area contributed by atoms with Crippen molar-refractivity contribution in [3.05, 3.63) is 52.4 Å². The number of rotatable bonds is 4. The fourth-order valence-electron chi connectivity index (χ4n) is 5.84. The van der Waals surface area contributed by atoms with Crippen molar-refractivity contribution in [2.24, 2.45) is 0 Å². The molecular formula is C26H34ClN5O. The van der Waals surface area contributed by atoms with Crippen molar-refractivity contribution in [2.45, 2.75) is 69.9 Å². The van der Waals surface area contributed by atoms with Crippen LogP contribution in [0.25, 0.3) is 0 Å². The Hall–Kier alpha value is -2.18. The molecule has 0 saturated carbocycles. The highest BCUT2D eigenvalue weighted by Gasteiger charge is 2.41. The van der Waals surface area contributed by atoms with Crippen molar-refractivity contribution in [3.63, 3.8) is 0 Å². The molecule has 6 nitrogen and oxygen atoms in total. The molecule has 0 bridgehead atoms. The smallest absolute Gasteiger partial charge is 0.231 e. The Morgan fingerprint density at radius 1 is 1.12 bits per heavy atom. The van der Waals surface area contributed by atoms with E-state index in [4.69, 9.17) is 11.6 Å². The standard InChI is InChI=1S/C26H34ClN5O/c1-17-4-9-20-22(17)24(29-16-28-20)31-12-14-32(15-13-31)25(33)23(18-5-7-19(27)8-6-18)21-10-11-26(2,3)30-21/h5-8,16-17,21,23,30H,4,9-15H2,1-3H3/t17?,21-,23?/m0/s1. The topological polar surface area (TPSA) is 61.4 Å². The number of halogens is 1. The fraction of sp³-hybridized carbons (Fsp3) is 0.577. The minimum Gasteiger partial charge on any atom is -0.353 e. The van der Waals surface area contributed by atoms with Gasteiger partial charge < -0.3 is 15.1 Å². The molecule has 33 heavy (non-hydrogen) atoms. The number of nitrogens with one attached hydrogen (secondary N) is 1. The van der Waals surface area contributed by atoms with Crippen molar-refractivity contribution in [3.8, 4) is 0 Å². The summed E-state index contributed by atoms with van der Waals surface area (Å²) < 4.78 is 0. The number of aryl methyl sites for hydroxylation is 1. The Bertz CT molecular complexity index is 1020. The van der Waals surface area contributed by atoms with Gasteiger partial charge in [-0.05, 0) is 63.1 Å². The maximum atomic E-state index is 13.9. The highest BCUT2D eigenvalue weighted by atomic mass is 35.5. The molecule has 7 heteroatoms. The van der Waals surface area contributed by atoms with Crippen molar-refractivity contribution in [1.82, 2.24) is 20.2 Å². The van der Waals surface area contributed by atoms with Gasteiger partial charge in [-0.3, -0.25) is 4.79 Å². The average molecular weight is 468 g/mol. The van der Waals surface area contributed by atoms with Gasteiger partial charge in [-0.15, -0.1) is 0 Å². The number of nitrogens with zero attached hydrogens (tertiary/aromatic N) is 4. The summed E-state index contributed by atoms with van der Waals surface area (Å²) in [6, 6.07) is 7.95. The Balaban J connectivity index is 1.33. The molecule has 1 aromatic heterocycles. The lowest BCUT2D eigenvalue weighted by molar-refractivity contribution is -0.133. The van der Waals surface area contributed by atoms with Gasteiger partial charge in [-0.25, -0.2) is 9.97 Å². The minimum absolute atomic E-state index is 0.0540. The van der Waals surface area contributed by atoms with Crippen LogP contribution in [0.1, 0.15) is 68.7 Å². The predicted molar refractivity (Wildman–Crippen MR) is 132 cm³/mol. The van der Waals surface area contributed by atoms with Crippen molar-refractivity contribution in [1.29, 1.82) is 0 Å². The highest BCUT2D eigenvalue weighted by molar-refractivity contribution is 6.30. The molecule has 2 saturated heterocycles. The fourth-order valence-corrected chi connectivity index (χ4v) is 5.97. The molecule has 0 radical (unpaired) electrons. The number of hydrogen-bond donors (Lipinski definition) is 1. The first-order chi connectivity index (χ1) is 15.8. The van der Waals surface area contributed by atoms with Gasteiger partial charge in [0.2, 0.25) is 5.91 Å². The summed E-state index contributed by atoms with van der Waals surface area (Å²) in [5.41, 5.74) is 3.61. The Kier molecular flexibility index (Phi) is 6.08. The van der Waals surface area contributed by atoms with E-state index in [0.29, 0.717) is 24.0 Å². The van der Waals surface area contributed by atoms with E-state index in [9.17, 15) is 4.79 Å². The molecule has 0 spiro atoms. The number of aromatic nitrogens is 2. The molecule has 2 aromatic rings. The van der Waals surface area contributed by atoms with E-state index < -0.39 is 0 Å². The molecule has 3 aliphatic rings. The highest BCUT2D eigenvalue weighted by Crippen LogP contribution is 2.38. The molecule has 1 aromatic carbocycles. The number of fused-ring (bicyclic) bond motifs is 1. The quantitative estimate of drug-likeness (QED) is 0.732. The zero-order chi connectivity index (χ0) is 23.2. The van der Waals surface area contributed by atoms with Crippen LogP contribution in [-0.2, 0) is 11.2 Å². The third-order valence-corrected chi connectivity index (χ3v) is 7.95. The van der Waals surface area contributed by atoms with Crippen LogP contribution in [0.5, 0.6) is 0 Å². The molecule has 1 N–H and O–H groups in total. The summed E-state index contributed by atoms with van der Waals surface area (Å²) in [5, 5.41) is 4.42. The van der Waals surface area contributed by atoms with Gasteiger partial charge in [0.25, 0.3) is 0 Å². The van der Waals surface area contributed by atoms with Crippen LogP contribution < -0.4 is 10.2 Å². The van der Waals surface area contributed by atoms with Gasteiger partial charge in [-0.2, -0.15) is 0 Å². The molecule has 176 valence electrons. The number of benzene rings is 1. The van der Waals surface area contributed by atoms with Crippen LogP contribution in [0, 0.1) is 0 Å². The first-order valence-electron chi connectivity index (χ1n) is 12.2. The normalized spacial score (nSPS) is 25.2. The van der Waals surface area contributed by atoms with Crippen LogP contribution >= 0.6 is 11.6 Å². The second-order valence-electron chi connectivity index (χ2n) is 10.5. The predicted octanol–water partition coefficient (Wildman–Crippen LogP) is 4.14. The molecule has 2 aliphatic heterocycles. The molecule has 3 heterocycles. The molecular weight excluding hydrogens is 434 g/mol. The zero-order valence-corrected chi connectivity index (χ0v) is 20.6. The molecule has 2 unspecified atom stereocenters. The number of carbonyl (C=O) groups excluding carboxylic acids is 1. The second-order valence-corrected chi connectivity index (χ2v) is 10.9. The number of carbonyl (C=O) groups is 1. The van der Waals surface area contributed by atoms with E-state index in [1.54, 1.807) is 6.33 Å². The van der Waals surface area contributed by atoms with E-state index in [0.717, 1.165) is 50.2 Å². The zero-order valence-electron chi connectivity index (χ0n) is 19.9. The van der Waals surface area contributed by atoms with Crippen LogP contribution in [0.15, 0.2) is 30.6 Å². The Morgan fingerprint density at radius 2 is 1.85 bits per heavy atom. The van der Waals surface area contributed by atoms with Crippen LogP contribution in [0.3, 0.4) is 0 Å². The maximum Gasteiger partial charge on any atom is 0.231 e. The van der Waals surface area contributed by atoms with E-state index in [1.165, 1.54) is 11.3 Å². The maximum absolute atomic E-state index is 13.9. The Labute approximate surface area is 201 Å². The number of amides is 1. The number of hydrogen-bond acceptors (Lipinski definition) is 5. The third-order valence-electron chi connectivity index (χ3n) is 7.70. The van der Waals surface area contributed by atoms with Crippen LogP contribution in [-0.4, -0.2) is 58.5 Å². The van der Waals surface area contributed by atoms with Crippen LogP contribution in [0.2, 0.25) is 5.02 Å². The third kappa shape index (κ3) is 4.47. The summed E-state index contributed by atoms with van der Waals surface area (Å²) >= 11 is 6.15. The van der Waals surface area contributed by atoms with Gasteiger partial charge in [-0.1, -0.05) is 30.7 Å². The van der Waals surface area contributed by atoms with E-state index in [-0.39, 0.29) is 23.4 Å². The summed E-state index contributed by atoms with van der Waals surface area (Å²) in [6.07, 6.45) is 5.95. The van der Waals surface area contributed by atoms with Gasteiger partial charge in [0.1, 0.15) is 12.1 Å². The lowest BCUT2D eigenvalue weighted by Crippen LogP contribution is -2.53. The van der Waals surface area contributed by atoms with E-state index in [1.807, 2.05) is 29.2 Å². The molecule has 5 rings (SSSR count). The Morgan fingerprint density at radius 3 is 2.52 bits per heavy atom. The van der Waals surface area contributed by atoms with Crippen molar-refractivity contribution in [2.75, 3.05) is 31.1 Å². The summed E-state index contributed by atoms with van der Waals surface area (Å²) in [5.74, 6) is 1.60. The first kappa shape index (κ1) is 22.6. The van der Waals surface area contributed by atoms with Crippen LogP contribution in [0.4, 0.5) is 5.82 Å². The summed E-state index contributed by atoms with van der Waals surface area (Å²) in [4.78, 5) is 27.4. The lowest BCUT2D eigenvalue weighted by Gasteiger charge is -2.39. The van der Waals surface area contributed by atoms with Gasteiger partial charge >= 0.3 is 0 Å². The number of piperazine rings is 1. The van der Waals surface area contributed by atoms with Gasteiger partial charge in [0, 0.05) is 54.0 Å². The molecule has 1 aliphatic carbocycles. The van der Waals surface area contributed by atoms with E-state index in [2.05, 4.69) is 41.0 Å². The van der Waals surface area contributed by atoms with Crippen molar-refractivity contribution < 1.29 is 4.79 Å². The average Bonchev–Trinajstić information content (AvgIpc) is 3.37. The lowest BCUT2D eigenvalue weighted by atomic mass is 9.88. The molecule has 2 fully saturated rings. The molecule has 3 atom stereocenters. The number of anilines is 1. The monoisotopic (exact) mass is 467 g/mol. The summed E-state index contributed by atoms with van der Waals surface area (Å²) in [6.45, 7) is 9.74. The largest absolute Gasteiger partial charge is 0.353 e. The van der Waals surface area contributed by atoms with Gasteiger partial charge in [0.15, 0.2) is 0 Å². The first-order valence-corrected chi connectivity index (χ1v) is 12.6. The molecule has 1 amide bonds. The summed E-state index contributed by atoms with van der Waals surface area (Å²) in [7, 11) is 0. The second kappa shape index (κ2) is 8.88. The van der Waals surface area contributed by atoms with Crippen molar-refractivity contribution >= 4 is 23.3 Å². The van der Waals surface area contributed by atoms with Gasteiger partial charge in [0.05, 0.1) is 5.92 Å². The minimum atomic E-state index is -0.195. The SMILES string of the molecule is CC1CCc2ncnc(N3CCN(C(=O)C(c4ccc(Cl)cc4)[C@@H]4CCC(C)(C)N4)CC3)c21. The van der Waals surface area contributed by atoms with E-state index >= 15 is 0 Å².